The molecule has 0 aromatic heterocycles. The minimum Gasteiger partial charge on any atom is -0.354 e. The van der Waals surface area contributed by atoms with Crippen molar-refractivity contribution in [2.75, 3.05) is 11.3 Å². The number of anilines is 1. The van der Waals surface area contributed by atoms with Gasteiger partial charge >= 0.3 is 0 Å². The number of aryl methyl sites for hydroxylation is 1. The van der Waals surface area contributed by atoms with Crippen LogP contribution in [0.15, 0.2) is 47.4 Å². The van der Waals surface area contributed by atoms with E-state index in [-0.39, 0.29) is 22.1 Å². The van der Waals surface area contributed by atoms with Gasteiger partial charge in [0.2, 0.25) is 5.91 Å². The Balaban J connectivity index is 2.20. The zero-order valence-corrected chi connectivity index (χ0v) is 17.3. The second kappa shape index (κ2) is 9.51. The molecule has 0 unspecified atom stereocenters. The van der Waals surface area contributed by atoms with Crippen molar-refractivity contribution in [1.29, 1.82) is 0 Å². The van der Waals surface area contributed by atoms with Crippen LogP contribution in [-0.2, 0) is 14.8 Å². The molecule has 0 fully saturated rings. The molecule has 1 atom stereocenters. The first-order valence-corrected chi connectivity index (χ1v) is 10.6. The lowest BCUT2D eigenvalue weighted by Gasteiger charge is -2.16. The molecule has 2 rings (SSSR count). The molecule has 9 heteroatoms. The summed E-state index contributed by atoms with van der Waals surface area (Å²) in [6.45, 7) is 5.63. The standard InChI is InChI=1S/C20H24FN3O4S/c1-4-11-22-19(25)14(3)23-20(26)18-12-17(10-5-13(18)2)29(27,28)24-16-8-6-15(21)7-9-16/h5-10,12,14,24H,4,11H2,1-3H3,(H,22,25)(H,23,26)/t14-/m0/s1. The first-order valence-electron chi connectivity index (χ1n) is 9.11. The molecule has 0 aliphatic carbocycles. The van der Waals surface area contributed by atoms with Gasteiger partial charge in [0.1, 0.15) is 11.9 Å². The Bertz CT molecular complexity index is 991. The van der Waals surface area contributed by atoms with Crippen LogP contribution in [0.5, 0.6) is 0 Å². The Hall–Kier alpha value is -2.94. The molecule has 0 bridgehead atoms. The predicted molar refractivity (Wildman–Crippen MR) is 109 cm³/mol. The van der Waals surface area contributed by atoms with Gasteiger partial charge in [-0.15, -0.1) is 0 Å². The van der Waals surface area contributed by atoms with Crippen LogP contribution < -0.4 is 15.4 Å². The fourth-order valence-corrected chi connectivity index (χ4v) is 3.57. The molecule has 29 heavy (non-hydrogen) atoms. The van der Waals surface area contributed by atoms with Gasteiger partial charge in [0, 0.05) is 17.8 Å². The first kappa shape index (κ1) is 22.4. The summed E-state index contributed by atoms with van der Waals surface area (Å²) in [4.78, 5) is 24.4. The number of amides is 2. The first-order chi connectivity index (χ1) is 13.6. The second-order valence-electron chi connectivity index (χ2n) is 6.58. The Morgan fingerprint density at radius 1 is 1.10 bits per heavy atom. The Morgan fingerprint density at radius 3 is 2.38 bits per heavy atom. The highest BCUT2D eigenvalue weighted by Crippen LogP contribution is 2.20. The van der Waals surface area contributed by atoms with Crippen molar-refractivity contribution in [2.24, 2.45) is 0 Å². The van der Waals surface area contributed by atoms with Gasteiger partial charge in [-0.25, -0.2) is 12.8 Å². The van der Waals surface area contributed by atoms with Gasteiger partial charge in [-0.05, 0) is 62.2 Å². The van der Waals surface area contributed by atoms with E-state index in [1.54, 1.807) is 13.8 Å². The lowest BCUT2D eigenvalue weighted by molar-refractivity contribution is -0.122. The molecule has 3 N–H and O–H groups in total. The van der Waals surface area contributed by atoms with Crippen LogP contribution in [0.3, 0.4) is 0 Å². The average molecular weight is 421 g/mol. The van der Waals surface area contributed by atoms with Gasteiger partial charge in [0.25, 0.3) is 15.9 Å². The number of benzene rings is 2. The summed E-state index contributed by atoms with van der Waals surface area (Å²) in [6, 6.07) is 8.22. The maximum atomic E-state index is 13.0. The van der Waals surface area contributed by atoms with Gasteiger partial charge in [0.15, 0.2) is 0 Å². The normalized spacial score (nSPS) is 12.1. The summed E-state index contributed by atoms with van der Waals surface area (Å²) in [5, 5.41) is 5.26. The van der Waals surface area contributed by atoms with Crippen molar-refractivity contribution < 1.29 is 22.4 Å². The number of nitrogens with one attached hydrogen (secondary N) is 3. The molecule has 7 nitrogen and oxygen atoms in total. The Labute approximate surface area is 169 Å². The van der Waals surface area contributed by atoms with Crippen LogP contribution in [0.4, 0.5) is 10.1 Å². The van der Waals surface area contributed by atoms with Gasteiger partial charge in [0.05, 0.1) is 4.90 Å². The SMILES string of the molecule is CCCNC(=O)[C@H](C)NC(=O)c1cc(S(=O)(=O)Nc2ccc(F)cc2)ccc1C. The fraction of sp³-hybridized carbons (Fsp3) is 0.300. The summed E-state index contributed by atoms with van der Waals surface area (Å²) in [6.07, 6.45) is 0.770. The molecule has 0 radical (unpaired) electrons. The van der Waals surface area contributed by atoms with E-state index >= 15 is 0 Å². The van der Waals surface area contributed by atoms with Gasteiger partial charge in [-0.3, -0.25) is 14.3 Å². The third-order valence-electron chi connectivity index (χ3n) is 4.15. The lowest BCUT2D eigenvalue weighted by atomic mass is 10.1. The molecular weight excluding hydrogens is 397 g/mol. The predicted octanol–water partition coefficient (Wildman–Crippen LogP) is 2.58. The van der Waals surface area contributed by atoms with E-state index in [1.165, 1.54) is 30.3 Å². The molecule has 2 aromatic rings. The summed E-state index contributed by atoms with van der Waals surface area (Å²) in [7, 11) is -3.99. The van der Waals surface area contributed by atoms with Crippen LogP contribution in [0.2, 0.25) is 0 Å². The highest BCUT2D eigenvalue weighted by Gasteiger charge is 2.21. The molecular formula is C20H24FN3O4S. The third-order valence-corrected chi connectivity index (χ3v) is 5.53. The quantitative estimate of drug-likeness (QED) is 0.609. The molecule has 2 amide bonds. The monoisotopic (exact) mass is 421 g/mol. The summed E-state index contributed by atoms with van der Waals surface area (Å²) in [5.74, 6) is -1.36. The van der Waals surface area contributed by atoms with E-state index in [9.17, 15) is 22.4 Å². The Morgan fingerprint density at radius 2 is 1.76 bits per heavy atom. The number of carbonyl (C=O) groups excluding carboxylic acids is 2. The van der Waals surface area contributed by atoms with E-state index in [2.05, 4.69) is 15.4 Å². The maximum Gasteiger partial charge on any atom is 0.261 e. The fourth-order valence-electron chi connectivity index (χ4n) is 2.49. The molecule has 0 saturated heterocycles. The minimum absolute atomic E-state index is 0.124. The molecule has 0 spiro atoms. The molecule has 0 saturated carbocycles. The number of halogens is 1. The molecule has 156 valence electrons. The molecule has 2 aromatic carbocycles. The molecule has 0 heterocycles. The Kier molecular flexibility index (Phi) is 7.33. The zero-order valence-electron chi connectivity index (χ0n) is 16.5. The van der Waals surface area contributed by atoms with Crippen LogP contribution in [0.1, 0.15) is 36.2 Å². The van der Waals surface area contributed by atoms with E-state index in [0.29, 0.717) is 12.1 Å². The number of carbonyl (C=O) groups is 2. The molecule has 0 aliphatic rings. The third kappa shape index (κ3) is 6.02. The van der Waals surface area contributed by atoms with E-state index in [0.717, 1.165) is 18.6 Å². The van der Waals surface area contributed by atoms with Crippen molar-refractivity contribution in [3.63, 3.8) is 0 Å². The van der Waals surface area contributed by atoms with Crippen LogP contribution >= 0.6 is 0 Å². The maximum absolute atomic E-state index is 13.0. The second-order valence-corrected chi connectivity index (χ2v) is 8.26. The van der Waals surface area contributed by atoms with Gasteiger partial charge in [-0.2, -0.15) is 0 Å². The van der Waals surface area contributed by atoms with E-state index < -0.39 is 27.8 Å². The van der Waals surface area contributed by atoms with Crippen molar-refractivity contribution in [3.05, 3.63) is 59.4 Å². The van der Waals surface area contributed by atoms with Crippen molar-refractivity contribution in [3.8, 4) is 0 Å². The summed E-state index contributed by atoms with van der Waals surface area (Å²) in [5.41, 5.74) is 0.894. The van der Waals surface area contributed by atoms with Crippen LogP contribution in [0, 0.1) is 12.7 Å². The van der Waals surface area contributed by atoms with Gasteiger partial charge in [-0.1, -0.05) is 13.0 Å². The summed E-state index contributed by atoms with van der Waals surface area (Å²) >= 11 is 0. The number of hydrogen-bond acceptors (Lipinski definition) is 4. The molecule has 0 aliphatic heterocycles. The number of sulfonamides is 1. The van der Waals surface area contributed by atoms with Crippen LogP contribution in [-0.4, -0.2) is 32.8 Å². The van der Waals surface area contributed by atoms with Gasteiger partial charge < -0.3 is 10.6 Å². The lowest BCUT2D eigenvalue weighted by Crippen LogP contribution is -2.45. The average Bonchev–Trinajstić information content (AvgIpc) is 2.67. The number of rotatable bonds is 8. The highest BCUT2D eigenvalue weighted by atomic mass is 32.2. The largest absolute Gasteiger partial charge is 0.354 e. The zero-order chi connectivity index (χ0) is 21.6. The van der Waals surface area contributed by atoms with E-state index in [1.807, 2.05) is 6.92 Å². The summed E-state index contributed by atoms with van der Waals surface area (Å²) < 4.78 is 40.6. The topological polar surface area (TPSA) is 104 Å². The minimum atomic E-state index is -3.99. The number of hydrogen-bond donors (Lipinski definition) is 3. The van der Waals surface area contributed by atoms with E-state index in [4.69, 9.17) is 0 Å². The smallest absolute Gasteiger partial charge is 0.261 e. The van der Waals surface area contributed by atoms with Crippen molar-refractivity contribution in [1.82, 2.24) is 10.6 Å². The van der Waals surface area contributed by atoms with Crippen molar-refractivity contribution in [2.45, 2.75) is 38.1 Å². The van der Waals surface area contributed by atoms with Crippen molar-refractivity contribution >= 4 is 27.5 Å². The van der Waals surface area contributed by atoms with Crippen LogP contribution in [0.25, 0.3) is 0 Å². The highest BCUT2D eigenvalue weighted by molar-refractivity contribution is 7.92.